The highest BCUT2D eigenvalue weighted by atomic mass is 15.0. The largest absolute Gasteiger partial charge is 0.309 e. The van der Waals surface area contributed by atoms with Crippen molar-refractivity contribution >= 4 is 43.6 Å². The van der Waals surface area contributed by atoms with Gasteiger partial charge >= 0.3 is 0 Å². The molecule has 0 saturated carbocycles. The number of benzene rings is 5. The molecule has 3 heteroatoms. The number of nitrogens with zero attached hydrogens (tertiary/aromatic N) is 3. The predicted molar refractivity (Wildman–Crippen MR) is 158 cm³/mol. The number of pyridine rings is 1. The first-order chi connectivity index (χ1) is 18.9. The average molecular weight is 486 g/mol. The van der Waals surface area contributed by atoms with Gasteiger partial charge in [0, 0.05) is 45.3 Å². The van der Waals surface area contributed by atoms with Gasteiger partial charge in [-0.1, -0.05) is 78.9 Å². The van der Waals surface area contributed by atoms with Gasteiger partial charge in [0.15, 0.2) is 0 Å². The van der Waals surface area contributed by atoms with Gasteiger partial charge < -0.3 is 9.13 Å². The van der Waals surface area contributed by atoms with Crippen molar-refractivity contribution in [2.24, 2.45) is 0 Å². The van der Waals surface area contributed by atoms with E-state index < -0.39 is 0 Å². The minimum atomic E-state index is 1.15. The molecule has 0 aliphatic heterocycles. The molecule has 0 saturated heterocycles. The topological polar surface area (TPSA) is 22.8 Å². The number of aromatic nitrogens is 3. The molecule has 3 aromatic heterocycles. The van der Waals surface area contributed by atoms with Crippen LogP contribution in [0.25, 0.3) is 66.1 Å². The van der Waals surface area contributed by atoms with Crippen molar-refractivity contribution in [1.82, 2.24) is 14.1 Å². The highest BCUT2D eigenvalue weighted by Gasteiger charge is 2.18. The van der Waals surface area contributed by atoms with Gasteiger partial charge in [0.1, 0.15) is 0 Å². The van der Waals surface area contributed by atoms with Crippen molar-refractivity contribution in [2.75, 3.05) is 0 Å². The van der Waals surface area contributed by atoms with E-state index in [1.165, 1.54) is 49.5 Å². The summed E-state index contributed by atoms with van der Waals surface area (Å²) in [6.07, 6.45) is 3.88. The van der Waals surface area contributed by atoms with Gasteiger partial charge in [-0.05, 0) is 59.7 Å². The van der Waals surface area contributed by atoms with Crippen LogP contribution >= 0.6 is 0 Å². The van der Waals surface area contributed by atoms with Crippen molar-refractivity contribution in [3.8, 4) is 22.5 Å². The monoisotopic (exact) mass is 485 g/mol. The Kier molecular flexibility index (Phi) is 4.52. The summed E-state index contributed by atoms with van der Waals surface area (Å²) in [6.45, 7) is 0. The van der Waals surface area contributed by atoms with Crippen LogP contribution in [0, 0.1) is 0 Å². The molecule has 8 rings (SSSR count). The van der Waals surface area contributed by atoms with E-state index >= 15 is 0 Å². The standard InChI is InChI=1S/C35H23N3/c1-3-10-25(11-4-1)37-32-20-21-36-23-30(32)35-27(15-9-17-33(35)37)24-18-19-29-28-14-7-8-16-31(28)38(34(29)22-24)26-12-5-2-6-13-26/h1-23H. The molecule has 0 amide bonds. The smallest absolute Gasteiger partial charge is 0.0572 e. The molecule has 0 spiro atoms. The van der Waals surface area contributed by atoms with Gasteiger partial charge in [0.2, 0.25) is 0 Å². The summed E-state index contributed by atoms with van der Waals surface area (Å²) in [6, 6.07) is 45.5. The van der Waals surface area contributed by atoms with Gasteiger partial charge in [-0.3, -0.25) is 4.98 Å². The second-order valence-electron chi connectivity index (χ2n) is 9.68. The van der Waals surface area contributed by atoms with Gasteiger partial charge in [0.25, 0.3) is 0 Å². The molecular formula is C35H23N3. The average Bonchev–Trinajstić information content (AvgIpc) is 3.51. The van der Waals surface area contributed by atoms with E-state index in [0.29, 0.717) is 0 Å². The zero-order valence-electron chi connectivity index (χ0n) is 20.6. The molecular weight excluding hydrogens is 462 g/mol. The molecule has 0 atom stereocenters. The molecule has 8 aromatic rings. The van der Waals surface area contributed by atoms with E-state index in [0.717, 1.165) is 16.6 Å². The summed E-state index contributed by atoms with van der Waals surface area (Å²) in [4.78, 5) is 4.52. The zero-order chi connectivity index (χ0) is 25.1. The van der Waals surface area contributed by atoms with Crippen molar-refractivity contribution in [3.05, 3.63) is 140 Å². The zero-order valence-corrected chi connectivity index (χ0v) is 20.6. The van der Waals surface area contributed by atoms with Crippen LogP contribution in [0.15, 0.2) is 140 Å². The van der Waals surface area contributed by atoms with Crippen LogP contribution in [0.2, 0.25) is 0 Å². The molecule has 3 nitrogen and oxygen atoms in total. The summed E-state index contributed by atoms with van der Waals surface area (Å²) in [5, 5.41) is 4.90. The van der Waals surface area contributed by atoms with Crippen LogP contribution in [0.3, 0.4) is 0 Å². The fourth-order valence-electron chi connectivity index (χ4n) is 6.00. The molecule has 5 aromatic carbocycles. The lowest BCUT2D eigenvalue weighted by molar-refractivity contribution is 1.17. The minimum absolute atomic E-state index is 1.15. The fourth-order valence-corrected chi connectivity index (χ4v) is 6.00. The number of hydrogen-bond acceptors (Lipinski definition) is 1. The maximum absolute atomic E-state index is 4.52. The predicted octanol–water partition coefficient (Wildman–Crippen LogP) is 8.94. The summed E-state index contributed by atoms with van der Waals surface area (Å²) in [5.41, 5.74) is 9.48. The normalized spacial score (nSPS) is 11.7. The third kappa shape index (κ3) is 2.99. The molecule has 0 aliphatic rings. The Labute approximate surface area is 219 Å². The van der Waals surface area contributed by atoms with Crippen LogP contribution < -0.4 is 0 Å². The lowest BCUT2D eigenvalue weighted by Gasteiger charge is -2.10. The summed E-state index contributed by atoms with van der Waals surface area (Å²) in [5.74, 6) is 0. The van der Waals surface area contributed by atoms with Crippen LogP contribution in [-0.2, 0) is 0 Å². The van der Waals surface area contributed by atoms with Crippen molar-refractivity contribution in [1.29, 1.82) is 0 Å². The first kappa shape index (κ1) is 21.0. The number of para-hydroxylation sites is 3. The fraction of sp³-hybridized carbons (Fsp3) is 0. The van der Waals surface area contributed by atoms with Crippen molar-refractivity contribution in [2.45, 2.75) is 0 Å². The molecule has 178 valence electrons. The summed E-state index contributed by atoms with van der Waals surface area (Å²) < 4.78 is 4.72. The molecule has 0 bridgehead atoms. The molecule has 0 aliphatic carbocycles. The Bertz CT molecular complexity index is 2120. The number of rotatable bonds is 3. The molecule has 0 fully saturated rings. The van der Waals surface area contributed by atoms with Crippen molar-refractivity contribution < 1.29 is 0 Å². The van der Waals surface area contributed by atoms with Crippen molar-refractivity contribution in [3.63, 3.8) is 0 Å². The van der Waals surface area contributed by atoms with Gasteiger partial charge in [-0.15, -0.1) is 0 Å². The highest BCUT2D eigenvalue weighted by Crippen LogP contribution is 2.40. The number of hydrogen-bond donors (Lipinski definition) is 0. The van der Waals surface area contributed by atoms with E-state index in [2.05, 4.69) is 142 Å². The van der Waals surface area contributed by atoms with E-state index in [1.807, 2.05) is 12.4 Å². The lowest BCUT2D eigenvalue weighted by atomic mass is 9.98. The van der Waals surface area contributed by atoms with Crippen LogP contribution in [-0.4, -0.2) is 14.1 Å². The second-order valence-corrected chi connectivity index (χ2v) is 9.68. The SMILES string of the molecule is c1ccc(-n2c3ccccc3c3ccc(-c4cccc5c4c4cnccc4n5-c4ccccc4)cc32)cc1. The van der Waals surface area contributed by atoms with E-state index in [9.17, 15) is 0 Å². The van der Waals surface area contributed by atoms with Gasteiger partial charge in [-0.2, -0.15) is 0 Å². The third-order valence-corrected chi connectivity index (χ3v) is 7.61. The van der Waals surface area contributed by atoms with E-state index in [4.69, 9.17) is 0 Å². The van der Waals surface area contributed by atoms with Crippen LogP contribution in [0.4, 0.5) is 0 Å². The first-order valence-electron chi connectivity index (χ1n) is 12.9. The number of fused-ring (bicyclic) bond motifs is 6. The first-order valence-corrected chi connectivity index (χ1v) is 12.9. The van der Waals surface area contributed by atoms with Crippen LogP contribution in [0.5, 0.6) is 0 Å². The Morgan fingerprint density at radius 3 is 1.87 bits per heavy atom. The Morgan fingerprint density at radius 2 is 1.08 bits per heavy atom. The third-order valence-electron chi connectivity index (χ3n) is 7.61. The molecule has 0 N–H and O–H groups in total. The lowest BCUT2D eigenvalue weighted by Crippen LogP contribution is -1.94. The quantitative estimate of drug-likeness (QED) is 0.245. The van der Waals surface area contributed by atoms with Crippen LogP contribution in [0.1, 0.15) is 0 Å². The maximum Gasteiger partial charge on any atom is 0.0572 e. The second kappa shape index (κ2) is 8.19. The summed E-state index contributed by atoms with van der Waals surface area (Å²) >= 11 is 0. The van der Waals surface area contributed by atoms with Gasteiger partial charge in [0.05, 0.1) is 22.1 Å². The molecule has 38 heavy (non-hydrogen) atoms. The summed E-state index contributed by atoms with van der Waals surface area (Å²) in [7, 11) is 0. The van der Waals surface area contributed by atoms with E-state index in [1.54, 1.807) is 0 Å². The molecule has 3 heterocycles. The Balaban J connectivity index is 1.46. The highest BCUT2D eigenvalue weighted by molar-refractivity contribution is 6.17. The Hall–Kier alpha value is -5.15. The Morgan fingerprint density at radius 1 is 0.447 bits per heavy atom. The van der Waals surface area contributed by atoms with E-state index in [-0.39, 0.29) is 0 Å². The molecule has 0 unspecified atom stereocenters. The maximum atomic E-state index is 4.52. The minimum Gasteiger partial charge on any atom is -0.309 e. The molecule has 0 radical (unpaired) electrons. The van der Waals surface area contributed by atoms with Gasteiger partial charge in [-0.25, -0.2) is 0 Å².